The zero-order valence-electron chi connectivity index (χ0n) is 13.0. The first kappa shape index (κ1) is 14.1. The molecule has 0 bridgehead atoms. The van der Waals surface area contributed by atoms with E-state index in [1.165, 1.54) is 0 Å². The SMILES string of the molecule is c1c[nH]c(-c2c(-c3ncc[nH]3)nn(-c3ccco3)c2-c2cccs2)c1. The van der Waals surface area contributed by atoms with Gasteiger partial charge in [-0.05, 0) is 29.6 Å². The maximum Gasteiger partial charge on any atom is 0.220 e. The van der Waals surface area contributed by atoms with Crippen molar-refractivity contribution in [3.8, 4) is 39.2 Å². The fraction of sp³-hybridized carbons (Fsp3) is 0. The van der Waals surface area contributed by atoms with Crippen LogP contribution in [0, 0.1) is 0 Å². The van der Waals surface area contributed by atoms with Crippen LogP contribution in [0.15, 0.2) is 71.0 Å². The van der Waals surface area contributed by atoms with Gasteiger partial charge in [-0.2, -0.15) is 9.78 Å². The number of H-pyrrole nitrogens is 2. The summed E-state index contributed by atoms with van der Waals surface area (Å²) in [5.74, 6) is 1.38. The number of hydrogen-bond donors (Lipinski definition) is 2. The predicted molar refractivity (Wildman–Crippen MR) is 96.5 cm³/mol. The highest BCUT2D eigenvalue weighted by molar-refractivity contribution is 7.13. The standard InChI is InChI=1S/C18H13N5OS/c1-4-12(19-7-1)15-16(18-20-8-9-21-18)22-23(14-6-2-10-24-14)17(15)13-5-3-11-25-13/h1-11,19H,(H,20,21). The third-order valence-corrected chi connectivity index (χ3v) is 4.82. The zero-order chi connectivity index (χ0) is 16.6. The van der Waals surface area contributed by atoms with Gasteiger partial charge in [-0.1, -0.05) is 6.07 Å². The zero-order valence-corrected chi connectivity index (χ0v) is 13.8. The van der Waals surface area contributed by atoms with Crippen LogP contribution >= 0.6 is 11.3 Å². The minimum atomic E-state index is 0.661. The summed E-state index contributed by atoms with van der Waals surface area (Å²) in [6.45, 7) is 0. The lowest BCUT2D eigenvalue weighted by atomic mass is 10.1. The number of rotatable bonds is 4. The number of aromatic amines is 2. The largest absolute Gasteiger partial charge is 0.447 e. The van der Waals surface area contributed by atoms with E-state index in [2.05, 4.69) is 26.4 Å². The lowest BCUT2D eigenvalue weighted by molar-refractivity contribution is 0.524. The molecule has 5 aromatic heterocycles. The molecular formula is C18H13N5OS. The van der Waals surface area contributed by atoms with Crippen LogP contribution in [0.5, 0.6) is 0 Å². The topological polar surface area (TPSA) is 75.4 Å². The minimum absolute atomic E-state index is 0.661. The van der Waals surface area contributed by atoms with E-state index in [4.69, 9.17) is 9.52 Å². The Morgan fingerprint density at radius 1 is 1.04 bits per heavy atom. The van der Waals surface area contributed by atoms with Gasteiger partial charge in [-0.3, -0.25) is 0 Å². The average molecular weight is 347 g/mol. The van der Waals surface area contributed by atoms with Gasteiger partial charge >= 0.3 is 0 Å². The Bertz CT molecular complexity index is 984. The third kappa shape index (κ3) is 2.25. The van der Waals surface area contributed by atoms with E-state index in [9.17, 15) is 0 Å². The van der Waals surface area contributed by atoms with Crippen LogP contribution in [0.4, 0.5) is 0 Å². The Morgan fingerprint density at radius 2 is 2.04 bits per heavy atom. The second-order valence-electron chi connectivity index (χ2n) is 5.43. The molecule has 0 aromatic carbocycles. The van der Waals surface area contributed by atoms with E-state index < -0.39 is 0 Å². The predicted octanol–water partition coefficient (Wildman–Crippen LogP) is 4.58. The molecule has 122 valence electrons. The molecule has 0 aliphatic heterocycles. The molecule has 0 aliphatic rings. The van der Waals surface area contributed by atoms with E-state index in [1.807, 2.05) is 41.2 Å². The lowest BCUT2D eigenvalue weighted by Gasteiger charge is -2.05. The normalized spacial score (nSPS) is 11.2. The van der Waals surface area contributed by atoms with Gasteiger partial charge in [0.2, 0.25) is 5.88 Å². The molecular weight excluding hydrogens is 334 g/mol. The minimum Gasteiger partial charge on any atom is -0.447 e. The summed E-state index contributed by atoms with van der Waals surface area (Å²) in [6, 6.07) is 11.9. The summed E-state index contributed by atoms with van der Waals surface area (Å²) in [6.07, 6.45) is 7.08. The molecule has 5 aromatic rings. The van der Waals surface area contributed by atoms with Gasteiger partial charge in [0, 0.05) is 30.4 Å². The molecule has 6 nitrogen and oxygen atoms in total. The summed E-state index contributed by atoms with van der Waals surface area (Å²) in [7, 11) is 0. The smallest absolute Gasteiger partial charge is 0.220 e. The Kier molecular flexibility index (Phi) is 3.17. The Hall–Kier alpha value is -3.32. The van der Waals surface area contributed by atoms with Crippen molar-refractivity contribution in [2.24, 2.45) is 0 Å². The van der Waals surface area contributed by atoms with Crippen molar-refractivity contribution in [1.82, 2.24) is 24.7 Å². The van der Waals surface area contributed by atoms with Crippen molar-refractivity contribution in [3.63, 3.8) is 0 Å². The molecule has 0 spiro atoms. The van der Waals surface area contributed by atoms with E-state index in [1.54, 1.807) is 30.0 Å². The van der Waals surface area contributed by atoms with Gasteiger partial charge in [0.25, 0.3) is 0 Å². The molecule has 0 amide bonds. The van der Waals surface area contributed by atoms with Crippen LogP contribution in [0.1, 0.15) is 0 Å². The van der Waals surface area contributed by atoms with Crippen molar-refractivity contribution in [1.29, 1.82) is 0 Å². The van der Waals surface area contributed by atoms with Crippen LogP contribution in [0.25, 0.3) is 39.2 Å². The highest BCUT2D eigenvalue weighted by Gasteiger charge is 2.26. The molecule has 7 heteroatoms. The maximum atomic E-state index is 5.63. The van der Waals surface area contributed by atoms with Gasteiger partial charge in [-0.15, -0.1) is 11.3 Å². The number of furan rings is 1. The fourth-order valence-electron chi connectivity index (χ4n) is 2.91. The molecule has 0 fully saturated rings. The van der Waals surface area contributed by atoms with Crippen molar-refractivity contribution >= 4 is 11.3 Å². The second-order valence-corrected chi connectivity index (χ2v) is 6.38. The van der Waals surface area contributed by atoms with Crippen LogP contribution in [0.3, 0.4) is 0 Å². The van der Waals surface area contributed by atoms with E-state index in [0.717, 1.165) is 27.5 Å². The number of imidazole rings is 1. The van der Waals surface area contributed by atoms with E-state index in [0.29, 0.717) is 11.7 Å². The van der Waals surface area contributed by atoms with Gasteiger partial charge in [-0.25, -0.2) is 4.98 Å². The quantitative estimate of drug-likeness (QED) is 0.500. The summed E-state index contributed by atoms with van der Waals surface area (Å²) in [5.41, 5.74) is 3.71. The molecule has 0 saturated carbocycles. The highest BCUT2D eigenvalue weighted by Crippen LogP contribution is 2.41. The molecule has 0 unspecified atom stereocenters. The lowest BCUT2D eigenvalue weighted by Crippen LogP contribution is -1.97. The molecule has 0 saturated heterocycles. The highest BCUT2D eigenvalue weighted by atomic mass is 32.1. The Balaban J connectivity index is 1.88. The average Bonchev–Trinajstić information content (AvgIpc) is 3.48. The van der Waals surface area contributed by atoms with Crippen LogP contribution < -0.4 is 0 Å². The molecule has 0 aliphatic carbocycles. The first-order valence-electron chi connectivity index (χ1n) is 7.76. The molecule has 2 N–H and O–H groups in total. The molecule has 5 heterocycles. The van der Waals surface area contributed by atoms with Crippen molar-refractivity contribution in [3.05, 3.63) is 66.6 Å². The van der Waals surface area contributed by atoms with Crippen LogP contribution in [0.2, 0.25) is 0 Å². The van der Waals surface area contributed by atoms with Crippen LogP contribution in [-0.4, -0.2) is 24.7 Å². The van der Waals surface area contributed by atoms with Gasteiger partial charge in [0.15, 0.2) is 5.82 Å². The van der Waals surface area contributed by atoms with Crippen molar-refractivity contribution in [2.45, 2.75) is 0 Å². The maximum absolute atomic E-state index is 5.63. The first-order valence-corrected chi connectivity index (χ1v) is 8.64. The Morgan fingerprint density at radius 3 is 2.72 bits per heavy atom. The number of thiophene rings is 1. The van der Waals surface area contributed by atoms with Crippen LogP contribution in [-0.2, 0) is 0 Å². The summed E-state index contributed by atoms with van der Waals surface area (Å²) < 4.78 is 7.46. The summed E-state index contributed by atoms with van der Waals surface area (Å²) in [5, 5.41) is 6.88. The second kappa shape index (κ2) is 5.64. The summed E-state index contributed by atoms with van der Waals surface area (Å²) in [4.78, 5) is 12.0. The number of aromatic nitrogens is 5. The van der Waals surface area contributed by atoms with Gasteiger partial charge < -0.3 is 14.4 Å². The van der Waals surface area contributed by atoms with Gasteiger partial charge in [0.05, 0.1) is 22.4 Å². The number of hydrogen-bond acceptors (Lipinski definition) is 4. The van der Waals surface area contributed by atoms with E-state index >= 15 is 0 Å². The van der Waals surface area contributed by atoms with E-state index in [-0.39, 0.29) is 0 Å². The number of nitrogens with one attached hydrogen (secondary N) is 2. The monoisotopic (exact) mass is 347 g/mol. The third-order valence-electron chi connectivity index (χ3n) is 3.94. The summed E-state index contributed by atoms with van der Waals surface area (Å²) >= 11 is 1.66. The first-order chi connectivity index (χ1) is 12.4. The number of nitrogens with zero attached hydrogens (tertiary/aromatic N) is 3. The fourth-order valence-corrected chi connectivity index (χ4v) is 3.67. The van der Waals surface area contributed by atoms with Gasteiger partial charge in [0.1, 0.15) is 5.69 Å². The van der Waals surface area contributed by atoms with Crippen molar-refractivity contribution in [2.75, 3.05) is 0 Å². The Labute approximate surface area is 146 Å². The molecule has 0 atom stereocenters. The molecule has 0 radical (unpaired) electrons. The molecule has 5 rings (SSSR count). The van der Waals surface area contributed by atoms with Crippen molar-refractivity contribution < 1.29 is 4.42 Å². The molecule has 25 heavy (non-hydrogen) atoms.